The second-order valence-corrected chi connectivity index (χ2v) is 6.06. The zero-order chi connectivity index (χ0) is 15.9. The van der Waals surface area contributed by atoms with E-state index in [2.05, 4.69) is 22.1 Å². The van der Waals surface area contributed by atoms with Gasteiger partial charge in [0.15, 0.2) is 0 Å². The minimum Gasteiger partial charge on any atom is -0.481 e. The summed E-state index contributed by atoms with van der Waals surface area (Å²) in [4.78, 5) is 2.49. The number of ether oxygens (including phenoxy) is 1. The molecule has 0 saturated carbocycles. The van der Waals surface area contributed by atoms with Gasteiger partial charge < -0.3 is 9.26 Å². The Kier molecular flexibility index (Phi) is 3.95. The van der Waals surface area contributed by atoms with Gasteiger partial charge in [-0.2, -0.15) is 5.10 Å². The Morgan fingerprint density at radius 1 is 1.27 bits per heavy atom. The molecule has 1 fully saturated rings. The topological polar surface area (TPSA) is 56.3 Å². The van der Waals surface area contributed by atoms with E-state index in [4.69, 9.17) is 9.26 Å². The van der Waals surface area contributed by atoms with Gasteiger partial charge in [0.05, 0.1) is 24.1 Å². The van der Waals surface area contributed by atoms with E-state index in [0.717, 1.165) is 42.5 Å². The second kappa shape index (κ2) is 5.76. The van der Waals surface area contributed by atoms with Crippen molar-refractivity contribution in [3.05, 3.63) is 28.3 Å². The molecule has 0 radical (unpaired) electrons. The quantitative estimate of drug-likeness (QED) is 0.869. The van der Waals surface area contributed by atoms with Crippen LogP contribution in [0.25, 0.3) is 0 Å². The highest BCUT2D eigenvalue weighted by molar-refractivity contribution is 5.35. The number of hydrogen-bond donors (Lipinski definition) is 0. The lowest BCUT2D eigenvalue weighted by atomic mass is 10.0. The molecule has 6 nitrogen and oxygen atoms in total. The van der Waals surface area contributed by atoms with E-state index in [-0.39, 0.29) is 0 Å². The molecule has 3 rings (SSSR count). The molecule has 1 aliphatic heterocycles. The Balaban J connectivity index is 1.91. The first-order valence-corrected chi connectivity index (χ1v) is 7.76. The summed E-state index contributed by atoms with van der Waals surface area (Å²) in [6.07, 6.45) is 2.32. The van der Waals surface area contributed by atoms with Crippen molar-refractivity contribution in [2.75, 3.05) is 13.7 Å². The van der Waals surface area contributed by atoms with Gasteiger partial charge in [0.2, 0.25) is 5.88 Å². The molecule has 22 heavy (non-hydrogen) atoms. The van der Waals surface area contributed by atoms with Gasteiger partial charge in [0.25, 0.3) is 0 Å². The molecule has 6 heteroatoms. The zero-order valence-corrected chi connectivity index (χ0v) is 14.0. The zero-order valence-electron chi connectivity index (χ0n) is 14.0. The smallest absolute Gasteiger partial charge is 0.216 e. The van der Waals surface area contributed by atoms with Crippen molar-refractivity contribution >= 4 is 0 Å². The summed E-state index contributed by atoms with van der Waals surface area (Å²) in [5.41, 5.74) is 4.45. The number of rotatable bonds is 4. The van der Waals surface area contributed by atoms with E-state index in [1.165, 1.54) is 17.5 Å². The van der Waals surface area contributed by atoms with Crippen LogP contribution in [0, 0.1) is 20.8 Å². The highest BCUT2D eigenvalue weighted by Crippen LogP contribution is 2.39. The van der Waals surface area contributed by atoms with Crippen LogP contribution in [-0.2, 0) is 13.6 Å². The van der Waals surface area contributed by atoms with Gasteiger partial charge in [-0.05, 0) is 40.2 Å². The van der Waals surface area contributed by atoms with Gasteiger partial charge >= 0.3 is 0 Å². The Hall–Kier alpha value is -1.82. The van der Waals surface area contributed by atoms with Crippen molar-refractivity contribution in [2.45, 2.75) is 46.2 Å². The van der Waals surface area contributed by atoms with E-state index in [1.54, 1.807) is 7.11 Å². The third-order valence-electron chi connectivity index (χ3n) is 4.65. The first-order chi connectivity index (χ1) is 10.5. The van der Waals surface area contributed by atoms with Crippen LogP contribution in [-0.4, -0.2) is 33.5 Å². The summed E-state index contributed by atoms with van der Waals surface area (Å²) in [6, 6.07) is 0.345. The molecule has 3 heterocycles. The number of aromatic nitrogens is 3. The molecule has 0 spiro atoms. The normalized spacial score (nSPS) is 19.0. The van der Waals surface area contributed by atoms with Crippen molar-refractivity contribution in [2.24, 2.45) is 7.05 Å². The summed E-state index contributed by atoms with van der Waals surface area (Å²) >= 11 is 0. The predicted molar refractivity (Wildman–Crippen MR) is 82.9 cm³/mol. The molecule has 0 amide bonds. The first-order valence-electron chi connectivity index (χ1n) is 7.76. The minimum atomic E-state index is 0.345. The lowest BCUT2D eigenvalue weighted by Gasteiger charge is -2.25. The molecule has 0 aromatic carbocycles. The highest BCUT2D eigenvalue weighted by atomic mass is 16.5. The van der Waals surface area contributed by atoms with Crippen LogP contribution in [0.2, 0.25) is 0 Å². The third kappa shape index (κ3) is 2.41. The van der Waals surface area contributed by atoms with Gasteiger partial charge in [-0.1, -0.05) is 5.16 Å². The number of nitrogens with zero attached hydrogens (tertiary/aromatic N) is 4. The molecule has 0 aliphatic carbocycles. The summed E-state index contributed by atoms with van der Waals surface area (Å²) in [5.74, 6) is 1.78. The minimum absolute atomic E-state index is 0.345. The van der Waals surface area contributed by atoms with E-state index >= 15 is 0 Å². The van der Waals surface area contributed by atoms with Crippen LogP contribution in [0.3, 0.4) is 0 Å². The van der Waals surface area contributed by atoms with Crippen LogP contribution in [0.5, 0.6) is 5.88 Å². The fourth-order valence-electron chi connectivity index (χ4n) is 3.55. The number of hydrogen-bond acceptors (Lipinski definition) is 5. The third-order valence-corrected chi connectivity index (χ3v) is 4.65. The molecule has 2 aromatic rings. The molecule has 120 valence electrons. The second-order valence-electron chi connectivity index (χ2n) is 6.06. The van der Waals surface area contributed by atoms with Crippen molar-refractivity contribution < 1.29 is 9.26 Å². The Morgan fingerprint density at radius 2 is 2.05 bits per heavy atom. The molecule has 1 aliphatic rings. The monoisotopic (exact) mass is 304 g/mol. The maximum Gasteiger partial charge on any atom is 0.216 e. The molecule has 0 unspecified atom stereocenters. The maximum absolute atomic E-state index is 5.58. The predicted octanol–water partition coefficient (Wildman–Crippen LogP) is 2.68. The number of aryl methyl sites for hydroxylation is 4. The van der Waals surface area contributed by atoms with Crippen LogP contribution in [0.4, 0.5) is 0 Å². The van der Waals surface area contributed by atoms with Gasteiger partial charge in [-0.3, -0.25) is 4.90 Å². The molecular formula is C16H24N4O2. The highest BCUT2D eigenvalue weighted by Gasteiger charge is 2.33. The number of methoxy groups -OCH3 is 1. The van der Waals surface area contributed by atoms with Gasteiger partial charge in [-0.15, -0.1) is 0 Å². The van der Waals surface area contributed by atoms with Crippen molar-refractivity contribution in [3.8, 4) is 5.88 Å². The summed E-state index contributed by atoms with van der Waals surface area (Å²) < 4.78 is 12.7. The Morgan fingerprint density at radius 3 is 2.68 bits per heavy atom. The standard InChI is InChI=1S/C16H24N4O2/c1-10-13(12(3)22-18-10)9-20-8-6-7-14(20)15-11(2)17-19(4)16(15)21-5/h14H,6-9H2,1-5H3/t14-/m0/s1. The van der Waals surface area contributed by atoms with E-state index in [9.17, 15) is 0 Å². The molecule has 0 N–H and O–H groups in total. The lowest BCUT2D eigenvalue weighted by Crippen LogP contribution is -2.24. The number of likely N-dealkylation sites (tertiary alicyclic amines) is 1. The fraction of sp³-hybridized carbons (Fsp3) is 0.625. The largest absolute Gasteiger partial charge is 0.481 e. The molecule has 1 saturated heterocycles. The van der Waals surface area contributed by atoms with Crippen molar-refractivity contribution in [1.29, 1.82) is 0 Å². The fourth-order valence-corrected chi connectivity index (χ4v) is 3.55. The first kappa shape index (κ1) is 15.1. The van der Waals surface area contributed by atoms with E-state index in [1.807, 2.05) is 25.6 Å². The Bertz CT molecular complexity index is 654. The lowest BCUT2D eigenvalue weighted by molar-refractivity contribution is 0.239. The van der Waals surface area contributed by atoms with Crippen molar-refractivity contribution in [3.63, 3.8) is 0 Å². The van der Waals surface area contributed by atoms with Crippen LogP contribution in [0.15, 0.2) is 4.52 Å². The van der Waals surface area contributed by atoms with Gasteiger partial charge in [0.1, 0.15) is 5.76 Å². The molecule has 2 aromatic heterocycles. The average molecular weight is 304 g/mol. The van der Waals surface area contributed by atoms with Crippen LogP contribution < -0.4 is 4.74 Å². The average Bonchev–Trinajstić information content (AvgIpc) is 3.13. The molecular weight excluding hydrogens is 280 g/mol. The van der Waals surface area contributed by atoms with Crippen molar-refractivity contribution in [1.82, 2.24) is 19.8 Å². The molecule has 1 atom stereocenters. The van der Waals surface area contributed by atoms with Crippen LogP contribution >= 0.6 is 0 Å². The summed E-state index contributed by atoms with van der Waals surface area (Å²) in [5, 5.41) is 8.60. The summed E-state index contributed by atoms with van der Waals surface area (Å²) in [7, 11) is 3.65. The van der Waals surface area contributed by atoms with Gasteiger partial charge in [0, 0.05) is 25.2 Å². The maximum atomic E-state index is 5.58. The summed E-state index contributed by atoms with van der Waals surface area (Å²) in [6.45, 7) is 7.99. The van der Waals surface area contributed by atoms with Crippen LogP contribution in [0.1, 0.15) is 47.2 Å². The van der Waals surface area contributed by atoms with E-state index in [0.29, 0.717) is 6.04 Å². The Labute approximate surface area is 131 Å². The van der Waals surface area contributed by atoms with Gasteiger partial charge in [-0.25, -0.2) is 4.68 Å². The molecule has 0 bridgehead atoms. The van der Waals surface area contributed by atoms with E-state index < -0.39 is 0 Å². The SMILES string of the molecule is COc1c([C@@H]2CCCN2Cc2c(C)noc2C)c(C)nn1C.